The fourth-order valence-corrected chi connectivity index (χ4v) is 2.16. The van der Waals surface area contributed by atoms with Gasteiger partial charge in [0.05, 0.1) is 0 Å². The predicted molar refractivity (Wildman–Crippen MR) is 74.9 cm³/mol. The third-order valence-corrected chi connectivity index (χ3v) is 2.94. The van der Waals surface area contributed by atoms with E-state index in [0.717, 1.165) is 30.8 Å². The molecular weight excluding hydrogens is 258 g/mol. The van der Waals surface area contributed by atoms with Crippen molar-refractivity contribution in [3.63, 3.8) is 0 Å². The summed E-state index contributed by atoms with van der Waals surface area (Å²) in [5.74, 6) is 0.387. The lowest BCUT2D eigenvalue weighted by Crippen LogP contribution is -2.32. The van der Waals surface area contributed by atoms with Gasteiger partial charge in [0.1, 0.15) is 18.7 Å². The average molecular weight is 277 g/mol. The molecule has 0 aliphatic carbocycles. The lowest BCUT2D eigenvalue weighted by molar-refractivity contribution is -0.135. The molecule has 7 heteroatoms. The van der Waals surface area contributed by atoms with Crippen molar-refractivity contribution in [2.75, 3.05) is 18.0 Å². The molecule has 108 valence electrons. The van der Waals surface area contributed by atoms with E-state index in [0.29, 0.717) is 12.3 Å². The molecule has 0 radical (unpaired) electrons. The lowest BCUT2D eigenvalue weighted by Gasteiger charge is -2.22. The van der Waals surface area contributed by atoms with Gasteiger partial charge >= 0.3 is 5.97 Å². The van der Waals surface area contributed by atoms with E-state index in [2.05, 4.69) is 22.0 Å². The number of carbonyl (C=O) groups is 1. The highest BCUT2D eigenvalue weighted by Gasteiger charge is 2.16. The van der Waals surface area contributed by atoms with E-state index in [1.165, 1.54) is 6.33 Å². The van der Waals surface area contributed by atoms with Crippen molar-refractivity contribution in [2.24, 2.45) is 0 Å². The third-order valence-electron chi connectivity index (χ3n) is 2.94. The molecule has 2 aromatic rings. The van der Waals surface area contributed by atoms with Crippen molar-refractivity contribution in [3.05, 3.63) is 18.1 Å². The lowest BCUT2D eigenvalue weighted by atomic mass is 10.2. The van der Waals surface area contributed by atoms with Crippen LogP contribution in [-0.4, -0.2) is 43.7 Å². The van der Waals surface area contributed by atoms with E-state index in [1.54, 1.807) is 9.42 Å². The smallest absolute Gasteiger partial charge is 0.323 e. The second-order valence-electron chi connectivity index (χ2n) is 4.64. The Bertz CT molecular complexity index is 595. The highest BCUT2D eigenvalue weighted by atomic mass is 16.4. The normalized spacial score (nSPS) is 10.9. The first-order valence-corrected chi connectivity index (χ1v) is 6.82. The Morgan fingerprint density at radius 3 is 2.85 bits per heavy atom. The number of carboxylic acid groups (broad SMARTS) is 1. The van der Waals surface area contributed by atoms with Gasteiger partial charge in [-0.25, -0.2) is 4.98 Å². The number of carboxylic acids is 1. The number of aromatic nitrogens is 4. The van der Waals surface area contributed by atoms with Gasteiger partial charge in [0.2, 0.25) is 0 Å². The second-order valence-corrected chi connectivity index (χ2v) is 4.64. The van der Waals surface area contributed by atoms with Crippen LogP contribution >= 0.6 is 0 Å². The van der Waals surface area contributed by atoms with E-state index >= 15 is 0 Å². The van der Waals surface area contributed by atoms with E-state index in [1.807, 2.05) is 13.0 Å². The molecule has 0 bridgehead atoms. The van der Waals surface area contributed by atoms with Crippen molar-refractivity contribution >= 4 is 17.6 Å². The molecule has 0 unspecified atom stereocenters. The molecule has 0 spiro atoms. The Hall–Kier alpha value is -2.18. The van der Waals surface area contributed by atoms with Crippen LogP contribution in [0.25, 0.3) is 5.78 Å². The summed E-state index contributed by atoms with van der Waals surface area (Å²) in [4.78, 5) is 21.4. The zero-order valence-corrected chi connectivity index (χ0v) is 11.8. The number of fused-ring (bicyclic) bond motifs is 1. The van der Waals surface area contributed by atoms with Crippen LogP contribution in [0.2, 0.25) is 0 Å². The Kier molecular flexibility index (Phi) is 4.49. The fraction of sp³-hybridized carbons (Fsp3) is 0.538. The molecule has 0 amide bonds. The van der Waals surface area contributed by atoms with Crippen molar-refractivity contribution in [1.82, 2.24) is 19.6 Å². The van der Waals surface area contributed by atoms with Crippen LogP contribution in [0.1, 0.15) is 32.4 Å². The van der Waals surface area contributed by atoms with Gasteiger partial charge in [-0.2, -0.15) is 14.6 Å². The Labute approximate surface area is 117 Å². The summed E-state index contributed by atoms with van der Waals surface area (Å²) in [5.41, 5.74) is 0.912. The van der Waals surface area contributed by atoms with Crippen LogP contribution < -0.4 is 4.90 Å². The molecule has 0 aliphatic heterocycles. The van der Waals surface area contributed by atoms with Crippen molar-refractivity contribution in [1.29, 1.82) is 0 Å². The molecule has 0 saturated heterocycles. The number of rotatable bonds is 7. The Morgan fingerprint density at radius 2 is 2.20 bits per heavy atom. The molecule has 20 heavy (non-hydrogen) atoms. The summed E-state index contributed by atoms with van der Waals surface area (Å²) in [5, 5.41) is 13.2. The standard InChI is InChI=1S/C13H19N5O2/c1-3-5-10-7-11(17(6-4-2)8-12(19)20)18-13(16-10)14-9-15-18/h7,9H,3-6,8H2,1-2H3,(H,19,20). The van der Waals surface area contributed by atoms with Gasteiger partial charge in [-0.15, -0.1) is 0 Å². The molecule has 2 rings (SSSR count). The van der Waals surface area contributed by atoms with E-state index in [9.17, 15) is 4.79 Å². The van der Waals surface area contributed by atoms with Crippen molar-refractivity contribution in [2.45, 2.75) is 33.1 Å². The molecule has 7 nitrogen and oxygen atoms in total. The van der Waals surface area contributed by atoms with E-state index < -0.39 is 5.97 Å². The van der Waals surface area contributed by atoms with Crippen LogP contribution in [0.4, 0.5) is 5.82 Å². The highest BCUT2D eigenvalue weighted by Crippen LogP contribution is 2.17. The second kappa shape index (κ2) is 6.31. The molecule has 2 aromatic heterocycles. The minimum absolute atomic E-state index is 0.0572. The maximum atomic E-state index is 11.0. The molecule has 0 fully saturated rings. The minimum atomic E-state index is -0.861. The van der Waals surface area contributed by atoms with E-state index in [-0.39, 0.29) is 6.54 Å². The number of hydrogen-bond donors (Lipinski definition) is 1. The number of aryl methyl sites for hydroxylation is 1. The molecule has 0 atom stereocenters. The fourth-order valence-electron chi connectivity index (χ4n) is 2.16. The van der Waals surface area contributed by atoms with Gasteiger partial charge in [-0.1, -0.05) is 20.3 Å². The topological polar surface area (TPSA) is 83.6 Å². The first-order chi connectivity index (χ1) is 9.65. The van der Waals surface area contributed by atoms with Crippen molar-refractivity contribution in [3.8, 4) is 0 Å². The number of aliphatic carboxylic acids is 1. The van der Waals surface area contributed by atoms with E-state index in [4.69, 9.17) is 5.11 Å². The number of hydrogen-bond acceptors (Lipinski definition) is 5. The predicted octanol–water partition coefficient (Wildman–Crippen LogP) is 1.38. The molecule has 2 heterocycles. The largest absolute Gasteiger partial charge is 0.480 e. The maximum Gasteiger partial charge on any atom is 0.323 e. The summed E-state index contributed by atoms with van der Waals surface area (Å²) in [6, 6.07) is 1.91. The van der Waals surface area contributed by atoms with Crippen molar-refractivity contribution < 1.29 is 9.90 Å². The molecule has 0 aliphatic rings. The zero-order chi connectivity index (χ0) is 14.5. The summed E-state index contributed by atoms with van der Waals surface area (Å²) < 4.78 is 1.60. The SMILES string of the molecule is CCCc1cc(N(CCC)CC(=O)O)n2ncnc2n1. The Morgan fingerprint density at radius 1 is 1.40 bits per heavy atom. The van der Waals surface area contributed by atoms with Gasteiger partial charge in [0.25, 0.3) is 5.78 Å². The first kappa shape index (κ1) is 14.2. The van der Waals surface area contributed by atoms with Gasteiger partial charge < -0.3 is 10.0 Å². The summed E-state index contributed by atoms with van der Waals surface area (Å²) in [7, 11) is 0. The van der Waals surface area contributed by atoms with Crippen LogP contribution in [0.5, 0.6) is 0 Å². The van der Waals surface area contributed by atoms with Gasteiger partial charge in [-0.3, -0.25) is 4.79 Å². The molecule has 0 aromatic carbocycles. The van der Waals surface area contributed by atoms with Crippen LogP contribution in [-0.2, 0) is 11.2 Å². The average Bonchev–Trinajstić information content (AvgIpc) is 2.85. The quantitative estimate of drug-likeness (QED) is 0.823. The molecule has 0 saturated carbocycles. The zero-order valence-electron chi connectivity index (χ0n) is 11.8. The van der Waals surface area contributed by atoms with Crippen LogP contribution in [0, 0.1) is 0 Å². The monoisotopic (exact) mass is 277 g/mol. The third kappa shape index (κ3) is 3.04. The molecular formula is C13H19N5O2. The first-order valence-electron chi connectivity index (χ1n) is 6.82. The van der Waals surface area contributed by atoms with Gasteiger partial charge in [-0.05, 0) is 12.8 Å². The van der Waals surface area contributed by atoms with Crippen LogP contribution in [0.15, 0.2) is 12.4 Å². The highest BCUT2D eigenvalue weighted by molar-refractivity contribution is 5.73. The number of nitrogens with zero attached hydrogens (tertiary/aromatic N) is 5. The summed E-state index contributed by atoms with van der Waals surface area (Å²) in [6.07, 6.45) is 4.11. The molecule has 1 N–H and O–H groups in total. The minimum Gasteiger partial charge on any atom is -0.480 e. The van der Waals surface area contributed by atoms with Crippen LogP contribution in [0.3, 0.4) is 0 Å². The van der Waals surface area contributed by atoms with Gasteiger partial charge in [0.15, 0.2) is 0 Å². The summed E-state index contributed by atoms with van der Waals surface area (Å²) in [6.45, 7) is 4.69. The maximum absolute atomic E-state index is 11.0. The van der Waals surface area contributed by atoms with Gasteiger partial charge in [0, 0.05) is 18.3 Å². The Balaban J connectivity index is 2.47. The summed E-state index contributed by atoms with van der Waals surface area (Å²) >= 11 is 0. The number of anilines is 1.